The molecule has 32 heavy (non-hydrogen) atoms. The van der Waals surface area contributed by atoms with Gasteiger partial charge in [-0.15, -0.1) is 0 Å². The molecule has 0 N–H and O–H groups in total. The van der Waals surface area contributed by atoms with Gasteiger partial charge in [-0.05, 0) is 64.7 Å². The molecule has 6 nitrogen and oxygen atoms in total. The van der Waals surface area contributed by atoms with Crippen molar-refractivity contribution in [3.63, 3.8) is 0 Å². The summed E-state index contributed by atoms with van der Waals surface area (Å²) in [6.45, 7) is 5.70. The number of piperidine rings is 1. The Bertz CT molecular complexity index is 1030. The molecular formula is C25H28FN3O3. The van der Waals surface area contributed by atoms with E-state index in [4.69, 9.17) is 14.7 Å². The number of nitrogens with zero attached hydrogens (tertiary/aromatic N) is 3. The molecule has 2 unspecified atom stereocenters. The Morgan fingerprint density at radius 2 is 1.94 bits per heavy atom. The van der Waals surface area contributed by atoms with Gasteiger partial charge < -0.3 is 14.4 Å². The second kappa shape index (κ2) is 8.78. The Morgan fingerprint density at radius 3 is 2.56 bits per heavy atom. The minimum atomic E-state index is -0.505. The molecule has 2 aliphatic rings. The van der Waals surface area contributed by atoms with E-state index in [9.17, 15) is 9.18 Å². The highest BCUT2D eigenvalue weighted by atomic mass is 19.1. The topological polar surface area (TPSA) is 75.4 Å². The number of rotatable bonds is 4. The number of ether oxygens (including phenoxy) is 2. The van der Waals surface area contributed by atoms with Gasteiger partial charge in [-0.25, -0.2) is 14.2 Å². The van der Waals surface area contributed by atoms with Crippen LogP contribution in [0.5, 0.6) is 5.88 Å². The number of aromatic nitrogens is 1. The molecule has 2 atom stereocenters. The first-order valence-corrected chi connectivity index (χ1v) is 11.0. The summed E-state index contributed by atoms with van der Waals surface area (Å²) >= 11 is 0. The van der Waals surface area contributed by atoms with E-state index >= 15 is 0 Å². The Kier molecular flexibility index (Phi) is 6.05. The van der Waals surface area contributed by atoms with Crippen molar-refractivity contribution in [2.75, 3.05) is 0 Å². The third-order valence-electron chi connectivity index (χ3n) is 6.06. The molecule has 4 rings (SSSR count). The number of halogens is 1. The highest BCUT2D eigenvalue weighted by Gasteiger charge is 2.45. The summed E-state index contributed by atoms with van der Waals surface area (Å²) in [5.41, 5.74) is 1.08. The summed E-state index contributed by atoms with van der Waals surface area (Å²) in [6.07, 6.45) is 3.42. The standard InChI is InChI=1S/C25H28FN3O3/c1-25(2,3)32-24(30)29-19-9-10-20(29)13-18(12-19)22-5-4-6-23(28-22)31-15-17-8-7-16(14-27)11-21(17)26/h4-8,11,18-20H,9-10,12-13,15H2,1-3H3. The number of carbonyl (C=O) groups is 1. The molecule has 2 aromatic rings. The summed E-state index contributed by atoms with van der Waals surface area (Å²) in [4.78, 5) is 19.3. The maximum Gasteiger partial charge on any atom is 0.410 e. The highest BCUT2D eigenvalue weighted by Crippen LogP contribution is 2.43. The largest absolute Gasteiger partial charge is 0.473 e. The van der Waals surface area contributed by atoms with E-state index in [2.05, 4.69) is 4.98 Å². The third kappa shape index (κ3) is 4.85. The third-order valence-corrected chi connectivity index (χ3v) is 6.06. The molecule has 2 fully saturated rings. The fourth-order valence-electron chi connectivity index (χ4n) is 4.66. The molecule has 0 aliphatic carbocycles. The molecule has 3 heterocycles. The first-order chi connectivity index (χ1) is 15.2. The lowest BCUT2D eigenvalue weighted by Crippen LogP contribution is -2.48. The molecule has 1 amide bonds. The van der Waals surface area contributed by atoms with Gasteiger partial charge in [0.05, 0.1) is 11.6 Å². The lowest BCUT2D eigenvalue weighted by atomic mass is 9.88. The van der Waals surface area contributed by atoms with E-state index in [0.717, 1.165) is 31.4 Å². The monoisotopic (exact) mass is 437 g/mol. The average Bonchev–Trinajstić information content (AvgIpc) is 3.01. The maximum absolute atomic E-state index is 14.1. The van der Waals surface area contributed by atoms with Crippen molar-refractivity contribution >= 4 is 6.09 Å². The number of amides is 1. The van der Waals surface area contributed by atoms with Crippen LogP contribution in [0.15, 0.2) is 36.4 Å². The zero-order chi connectivity index (χ0) is 22.9. The van der Waals surface area contributed by atoms with Gasteiger partial charge in [-0.1, -0.05) is 12.1 Å². The quantitative estimate of drug-likeness (QED) is 0.647. The van der Waals surface area contributed by atoms with Gasteiger partial charge in [0.25, 0.3) is 0 Å². The number of hydrogen-bond donors (Lipinski definition) is 0. The summed E-state index contributed by atoms with van der Waals surface area (Å²) in [5.74, 6) is 0.209. The first-order valence-electron chi connectivity index (χ1n) is 11.0. The summed E-state index contributed by atoms with van der Waals surface area (Å²) in [6, 6.07) is 12.2. The zero-order valence-corrected chi connectivity index (χ0v) is 18.7. The number of pyridine rings is 1. The summed E-state index contributed by atoms with van der Waals surface area (Å²) in [5, 5.41) is 8.87. The second-order valence-electron chi connectivity index (χ2n) is 9.55. The van der Waals surface area contributed by atoms with Crippen molar-refractivity contribution in [2.24, 2.45) is 0 Å². The lowest BCUT2D eigenvalue weighted by molar-refractivity contribution is 0.00567. The fraction of sp³-hybridized carbons (Fsp3) is 0.480. The summed E-state index contributed by atoms with van der Waals surface area (Å²) in [7, 11) is 0. The average molecular weight is 438 g/mol. The molecule has 0 spiro atoms. The fourth-order valence-corrected chi connectivity index (χ4v) is 4.66. The van der Waals surface area contributed by atoms with Crippen molar-refractivity contribution in [3.8, 4) is 11.9 Å². The van der Waals surface area contributed by atoms with E-state index in [-0.39, 0.29) is 36.3 Å². The number of hydrogen-bond acceptors (Lipinski definition) is 5. The second-order valence-corrected chi connectivity index (χ2v) is 9.55. The molecule has 1 aromatic heterocycles. The van der Waals surface area contributed by atoms with Crippen molar-refractivity contribution in [3.05, 3.63) is 59.0 Å². The SMILES string of the molecule is CC(C)(C)OC(=O)N1C2CCC1CC(c1cccc(OCc3ccc(C#N)cc3F)n1)C2. The normalized spacial score (nSPS) is 22.3. The van der Waals surface area contributed by atoms with Crippen LogP contribution in [0.2, 0.25) is 0 Å². The number of carbonyl (C=O) groups excluding carboxylic acids is 1. The zero-order valence-electron chi connectivity index (χ0n) is 18.7. The van der Waals surface area contributed by atoms with Crippen molar-refractivity contribution in [2.45, 2.75) is 76.7 Å². The van der Waals surface area contributed by atoms with Crippen molar-refractivity contribution in [1.29, 1.82) is 5.26 Å². The number of nitriles is 1. The van der Waals surface area contributed by atoms with Gasteiger partial charge in [-0.3, -0.25) is 0 Å². The van der Waals surface area contributed by atoms with Crippen molar-refractivity contribution in [1.82, 2.24) is 9.88 Å². The minimum absolute atomic E-state index is 0.0380. The number of fused-ring (bicyclic) bond motifs is 2. The van der Waals surface area contributed by atoms with E-state index in [0.29, 0.717) is 11.4 Å². The van der Waals surface area contributed by atoms with Gasteiger partial charge in [0, 0.05) is 35.3 Å². The summed E-state index contributed by atoms with van der Waals surface area (Å²) < 4.78 is 25.5. The first kappa shape index (κ1) is 22.1. The van der Waals surface area contributed by atoms with Crippen LogP contribution in [0, 0.1) is 17.1 Å². The molecule has 2 aliphatic heterocycles. The van der Waals surface area contributed by atoms with Crippen LogP contribution < -0.4 is 4.74 Å². The van der Waals surface area contributed by atoms with Crippen LogP contribution in [-0.4, -0.2) is 33.7 Å². The van der Waals surface area contributed by atoms with E-state index in [1.165, 1.54) is 6.07 Å². The smallest absolute Gasteiger partial charge is 0.410 e. The molecule has 2 saturated heterocycles. The molecule has 1 aromatic carbocycles. The van der Waals surface area contributed by atoms with Gasteiger partial charge in [0.15, 0.2) is 0 Å². The van der Waals surface area contributed by atoms with Gasteiger partial charge >= 0.3 is 6.09 Å². The van der Waals surface area contributed by atoms with Crippen LogP contribution in [0.3, 0.4) is 0 Å². The lowest BCUT2D eigenvalue weighted by Gasteiger charge is -2.39. The van der Waals surface area contributed by atoms with Gasteiger partial charge in [-0.2, -0.15) is 5.26 Å². The van der Waals surface area contributed by atoms with Crippen LogP contribution in [-0.2, 0) is 11.3 Å². The molecular weight excluding hydrogens is 409 g/mol. The molecule has 168 valence electrons. The van der Waals surface area contributed by atoms with Crippen LogP contribution in [0.25, 0.3) is 0 Å². The molecule has 0 radical (unpaired) electrons. The van der Waals surface area contributed by atoms with Crippen LogP contribution in [0.4, 0.5) is 9.18 Å². The Labute approximate surface area is 188 Å². The Morgan fingerprint density at radius 1 is 1.22 bits per heavy atom. The molecule has 0 saturated carbocycles. The van der Waals surface area contributed by atoms with Crippen molar-refractivity contribution < 1.29 is 18.7 Å². The van der Waals surface area contributed by atoms with E-state index in [1.807, 2.05) is 43.9 Å². The highest BCUT2D eigenvalue weighted by molar-refractivity contribution is 5.69. The predicted molar refractivity (Wildman–Crippen MR) is 117 cm³/mol. The van der Waals surface area contributed by atoms with E-state index in [1.54, 1.807) is 18.2 Å². The van der Waals surface area contributed by atoms with Crippen LogP contribution in [0.1, 0.15) is 69.2 Å². The number of benzene rings is 1. The predicted octanol–water partition coefficient (Wildman–Crippen LogP) is 5.32. The van der Waals surface area contributed by atoms with Crippen LogP contribution >= 0.6 is 0 Å². The molecule has 2 bridgehead atoms. The minimum Gasteiger partial charge on any atom is -0.473 e. The Balaban J connectivity index is 1.41. The van der Waals surface area contributed by atoms with Gasteiger partial charge in [0.2, 0.25) is 5.88 Å². The van der Waals surface area contributed by atoms with Gasteiger partial charge in [0.1, 0.15) is 18.0 Å². The molecule has 7 heteroatoms. The van der Waals surface area contributed by atoms with E-state index < -0.39 is 11.4 Å². The Hall–Kier alpha value is -3.14. The maximum atomic E-state index is 14.1.